The summed E-state index contributed by atoms with van der Waals surface area (Å²) >= 11 is 3.67. The van der Waals surface area contributed by atoms with Crippen LogP contribution < -0.4 is 19.3 Å². The molecular formula is C68H88N6O2S2. The summed E-state index contributed by atoms with van der Waals surface area (Å²) in [6.45, 7) is 14.7. The second-order valence-electron chi connectivity index (χ2n) is 22.5. The lowest BCUT2D eigenvalue weighted by molar-refractivity contribution is 0.239. The summed E-state index contributed by atoms with van der Waals surface area (Å²) in [4.78, 5) is 21.2. The lowest BCUT2D eigenvalue weighted by Crippen LogP contribution is -2.46. The minimum atomic E-state index is 0.104. The molecule has 0 bridgehead atoms. The van der Waals surface area contributed by atoms with E-state index in [1.54, 1.807) is 0 Å². The number of hydrogen-bond acceptors (Lipinski definition) is 10. The van der Waals surface area contributed by atoms with Crippen molar-refractivity contribution in [1.82, 2.24) is 19.8 Å². The maximum absolute atomic E-state index is 6.42. The number of aromatic nitrogens is 2. The van der Waals surface area contributed by atoms with Gasteiger partial charge in [-0.1, -0.05) is 128 Å². The second kappa shape index (κ2) is 29.8. The third-order valence-electron chi connectivity index (χ3n) is 16.8. The second-order valence-corrected chi connectivity index (χ2v) is 24.4. The predicted octanol–water partition coefficient (Wildman–Crippen LogP) is 17.6. The first-order valence-corrected chi connectivity index (χ1v) is 32.4. The van der Waals surface area contributed by atoms with E-state index in [1.807, 2.05) is 22.7 Å². The molecule has 10 heteroatoms. The summed E-state index contributed by atoms with van der Waals surface area (Å²) in [7, 11) is 0. The summed E-state index contributed by atoms with van der Waals surface area (Å²) in [6, 6.07) is 39.9. The molecule has 2 aliphatic heterocycles. The molecule has 2 aliphatic rings. The topological polar surface area (TPSA) is 57.2 Å². The lowest BCUT2D eigenvalue weighted by Gasteiger charge is -2.36. The Morgan fingerprint density at radius 3 is 1.31 bits per heavy atom. The van der Waals surface area contributed by atoms with E-state index in [2.05, 4.69) is 146 Å². The number of piperazine rings is 2. The molecule has 4 aromatic heterocycles. The molecule has 4 aromatic carbocycles. The van der Waals surface area contributed by atoms with Crippen LogP contribution in [0.15, 0.2) is 120 Å². The molecule has 6 heterocycles. The number of hydrogen-bond donors (Lipinski definition) is 0. The van der Waals surface area contributed by atoms with E-state index < -0.39 is 0 Å². The minimum absolute atomic E-state index is 0.104. The van der Waals surface area contributed by atoms with Gasteiger partial charge in [0.15, 0.2) is 0 Å². The number of rotatable bonds is 32. The quantitative estimate of drug-likeness (QED) is 0.0387. The van der Waals surface area contributed by atoms with Crippen LogP contribution in [0.4, 0.5) is 11.4 Å². The molecule has 8 aromatic rings. The van der Waals surface area contributed by atoms with Crippen LogP contribution >= 0.6 is 22.7 Å². The SMILES string of the molecule is CCCCCCCCCCCCCCCCCC(c1ccc2ccc(OCCCCN3CCN(c4cccc5sccc45)CC3)cc2n1)c1ccc2ccc(OCCCCN3CCN(c4cccc5sccc45)CC3)cc2n1. The van der Waals surface area contributed by atoms with E-state index in [9.17, 15) is 0 Å². The van der Waals surface area contributed by atoms with Gasteiger partial charge in [0, 0.05) is 113 Å². The molecule has 2 fully saturated rings. The minimum Gasteiger partial charge on any atom is -0.494 e. The van der Waals surface area contributed by atoms with Gasteiger partial charge in [0.2, 0.25) is 0 Å². The van der Waals surface area contributed by atoms with E-state index in [0.29, 0.717) is 13.2 Å². The monoisotopic (exact) mass is 1080 g/mol. The Morgan fingerprint density at radius 2 is 0.859 bits per heavy atom. The molecule has 0 radical (unpaired) electrons. The Balaban J connectivity index is 0.707. The summed E-state index contributed by atoms with van der Waals surface area (Å²) in [5.41, 5.74) is 6.96. The van der Waals surface area contributed by atoms with Crippen molar-refractivity contribution < 1.29 is 9.47 Å². The lowest BCUT2D eigenvalue weighted by atomic mass is 9.92. The van der Waals surface area contributed by atoms with Crippen LogP contribution in [0.2, 0.25) is 0 Å². The number of unbranched alkanes of at least 4 members (excludes halogenated alkanes) is 16. The van der Waals surface area contributed by atoms with Gasteiger partial charge < -0.3 is 19.3 Å². The van der Waals surface area contributed by atoms with Crippen LogP contribution in [-0.4, -0.2) is 98.4 Å². The first-order valence-electron chi connectivity index (χ1n) is 30.6. The first kappa shape index (κ1) is 56.0. The predicted molar refractivity (Wildman–Crippen MR) is 335 cm³/mol. The Morgan fingerprint density at radius 1 is 0.436 bits per heavy atom. The normalized spacial score (nSPS) is 14.7. The molecule has 0 aliphatic carbocycles. The van der Waals surface area contributed by atoms with Gasteiger partial charge in [-0.25, -0.2) is 0 Å². The molecule has 0 spiro atoms. The third-order valence-corrected chi connectivity index (χ3v) is 18.6. The van der Waals surface area contributed by atoms with E-state index in [4.69, 9.17) is 19.4 Å². The van der Waals surface area contributed by atoms with Gasteiger partial charge in [-0.15, -0.1) is 22.7 Å². The van der Waals surface area contributed by atoms with Crippen molar-refractivity contribution >= 4 is 76.0 Å². The van der Waals surface area contributed by atoms with Crippen molar-refractivity contribution in [3.8, 4) is 11.5 Å². The molecule has 0 unspecified atom stereocenters. The van der Waals surface area contributed by atoms with Crippen molar-refractivity contribution in [2.75, 3.05) is 88.5 Å². The highest BCUT2D eigenvalue weighted by molar-refractivity contribution is 7.17. The summed E-state index contributed by atoms with van der Waals surface area (Å²) in [6.07, 6.45) is 25.9. The zero-order chi connectivity index (χ0) is 53.0. The summed E-state index contributed by atoms with van der Waals surface area (Å²) < 4.78 is 15.6. The van der Waals surface area contributed by atoms with E-state index in [-0.39, 0.29) is 5.92 Å². The van der Waals surface area contributed by atoms with Gasteiger partial charge in [0.25, 0.3) is 0 Å². The fourth-order valence-corrected chi connectivity index (χ4v) is 13.8. The van der Waals surface area contributed by atoms with Gasteiger partial charge in [-0.05, 0) is 129 Å². The first-order chi connectivity index (χ1) is 38.6. The number of anilines is 2. The zero-order valence-corrected chi connectivity index (χ0v) is 48.7. The Kier molecular flexibility index (Phi) is 21.4. The number of ether oxygens (including phenoxy) is 2. The average Bonchev–Trinajstić information content (AvgIpc) is 4.23. The zero-order valence-electron chi connectivity index (χ0n) is 47.1. The molecule has 0 amide bonds. The van der Waals surface area contributed by atoms with Gasteiger partial charge in [-0.2, -0.15) is 0 Å². The molecule has 414 valence electrons. The van der Waals surface area contributed by atoms with Crippen LogP contribution in [0, 0.1) is 0 Å². The highest BCUT2D eigenvalue weighted by Gasteiger charge is 2.22. The van der Waals surface area contributed by atoms with Crippen LogP contribution in [0.1, 0.15) is 153 Å². The van der Waals surface area contributed by atoms with Gasteiger partial charge in [-0.3, -0.25) is 19.8 Å². The maximum Gasteiger partial charge on any atom is 0.121 e. The number of nitrogens with zero attached hydrogens (tertiary/aromatic N) is 6. The van der Waals surface area contributed by atoms with E-state index in [0.717, 1.165) is 149 Å². The summed E-state index contributed by atoms with van der Waals surface area (Å²) in [5, 5.41) is 9.50. The van der Waals surface area contributed by atoms with Gasteiger partial charge in [0.05, 0.1) is 35.6 Å². The molecular weight excluding hydrogens is 997 g/mol. The molecule has 10 rings (SSSR count). The molecule has 0 saturated carbocycles. The average molecular weight is 1090 g/mol. The molecule has 0 atom stereocenters. The number of fused-ring (bicyclic) bond motifs is 4. The fraction of sp³-hybridized carbons (Fsp3) is 0.500. The van der Waals surface area contributed by atoms with Gasteiger partial charge >= 0.3 is 0 Å². The Bertz CT molecular complexity index is 2860. The van der Waals surface area contributed by atoms with Crippen LogP contribution in [-0.2, 0) is 0 Å². The number of pyridine rings is 2. The number of thiophene rings is 2. The Hall–Kier alpha value is -5.26. The molecule has 0 N–H and O–H groups in total. The third kappa shape index (κ3) is 15.8. The van der Waals surface area contributed by atoms with E-state index in [1.165, 1.54) is 121 Å². The maximum atomic E-state index is 6.42. The molecule has 78 heavy (non-hydrogen) atoms. The van der Waals surface area contributed by atoms with Crippen LogP contribution in [0.5, 0.6) is 11.5 Å². The smallest absolute Gasteiger partial charge is 0.121 e. The largest absolute Gasteiger partial charge is 0.494 e. The fourth-order valence-electron chi connectivity index (χ4n) is 12.1. The van der Waals surface area contributed by atoms with Gasteiger partial charge in [0.1, 0.15) is 11.5 Å². The van der Waals surface area contributed by atoms with Crippen LogP contribution in [0.3, 0.4) is 0 Å². The van der Waals surface area contributed by atoms with Crippen LogP contribution in [0.25, 0.3) is 42.0 Å². The van der Waals surface area contributed by atoms with Crippen molar-refractivity contribution in [3.63, 3.8) is 0 Å². The van der Waals surface area contributed by atoms with Crippen molar-refractivity contribution in [3.05, 3.63) is 131 Å². The van der Waals surface area contributed by atoms with E-state index >= 15 is 0 Å². The Labute approximate surface area is 475 Å². The number of benzene rings is 4. The highest BCUT2D eigenvalue weighted by Crippen LogP contribution is 2.35. The summed E-state index contributed by atoms with van der Waals surface area (Å²) in [5.74, 6) is 1.91. The van der Waals surface area contributed by atoms with Crippen molar-refractivity contribution in [2.24, 2.45) is 0 Å². The molecule has 2 saturated heterocycles. The standard InChI is InChI=1S/C68H88N6O2S2/c1-2-3-4-5-6-7-8-9-10-11-12-13-14-15-16-23-58(61-34-30-54-28-32-56(52-63(54)69-61)75-48-19-17-38-71-40-44-73(45-41-71)65-24-21-26-67-59(65)36-50-77-67)62-35-31-55-29-33-57(53-64(55)70-62)76-49-20-18-39-72-42-46-74(47-43-72)66-25-22-27-68-60(66)37-51-78-68/h21-22,24-37,50-53,58H,2-20,23,38-49H2,1H3. The highest BCUT2D eigenvalue weighted by atomic mass is 32.1. The van der Waals surface area contributed by atoms with Crippen molar-refractivity contribution in [1.29, 1.82) is 0 Å². The molecule has 8 nitrogen and oxygen atoms in total. The van der Waals surface area contributed by atoms with Crippen molar-refractivity contribution in [2.45, 2.75) is 141 Å².